The second kappa shape index (κ2) is 10.3. The highest BCUT2D eigenvalue weighted by molar-refractivity contribution is 5.82. The average molecular weight is 449 g/mol. The Balaban J connectivity index is 1.72. The zero-order chi connectivity index (χ0) is 23.2. The highest BCUT2D eigenvalue weighted by Crippen LogP contribution is 2.32. The van der Waals surface area contributed by atoms with Crippen LogP contribution in [-0.4, -0.2) is 35.0 Å². The van der Waals surface area contributed by atoms with Crippen LogP contribution in [0.5, 0.6) is 11.5 Å². The van der Waals surface area contributed by atoms with Gasteiger partial charge in [-0.05, 0) is 55.7 Å². The first-order valence-corrected chi connectivity index (χ1v) is 11.3. The fourth-order valence-corrected chi connectivity index (χ4v) is 4.14. The number of benzene rings is 2. The summed E-state index contributed by atoms with van der Waals surface area (Å²) in [5, 5.41) is 5.09. The molecule has 1 aliphatic carbocycles. The lowest BCUT2D eigenvalue weighted by atomic mass is 9.88. The number of nitrogens with zero attached hydrogens (tertiary/aromatic N) is 3. The third-order valence-electron chi connectivity index (χ3n) is 5.71. The maximum absolute atomic E-state index is 13.3. The Labute approximate surface area is 192 Å². The number of fused-ring (bicyclic) bond motifs is 1. The van der Waals surface area contributed by atoms with Gasteiger partial charge in [0.15, 0.2) is 18.1 Å². The molecule has 1 amide bonds. The van der Waals surface area contributed by atoms with Crippen molar-refractivity contribution < 1.29 is 14.3 Å². The van der Waals surface area contributed by atoms with Crippen LogP contribution in [0.1, 0.15) is 56.3 Å². The maximum Gasteiger partial charge on any atom is 0.282 e. The van der Waals surface area contributed by atoms with Crippen LogP contribution in [0.4, 0.5) is 0 Å². The van der Waals surface area contributed by atoms with E-state index in [1.807, 2.05) is 25.1 Å². The first kappa shape index (κ1) is 22.5. The van der Waals surface area contributed by atoms with Crippen molar-refractivity contribution in [3.05, 3.63) is 64.2 Å². The van der Waals surface area contributed by atoms with Crippen LogP contribution in [-0.2, 0) is 4.79 Å². The van der Waals surface area contributed by atoms with Gasteiger partial charge in [-0.15, -0.1) is 0 Å². The van der Waals surface area contributed by atoms with Crippen molar-refractivity contribution in [2.75, 3.05) is 13.2 Å². The van der Waals surface area contributed by atoms with Gasteiger partial charge >= 0.3 is 0 Å². The normalized spacial score (nSPS) is 14.6. The van der Waals surface area contributed by atoms with Gasteiger partial charge in [-0.3, -0.25) is 9.59 Å². The van der Waals surface area contributed by atoms with Crippen molar-refractivity contribution in [3.8, 4) is 11.5 Å². The molecule has 2 aromatic carbocycles. The Bertz CT molecular complexity index is 1230. The summed E-state index contributed by atoms with van der Waals surface area (Å²) >= 11 is 0. The summed E-state index contributed by atoms with van der Waals surface area (Å²) in [6, 6.07) is 12.6. The molecule has 0 bridgehead atoms. The topological polar surface area (TPSA) is 109 Å². The lowest BCUT2D eigenvalue weighted by Gasteiger charge is -2.22. The summed E-state index contributed by atoms with van der Waals surface area (Å²) < 4.78 is 12.5. The molecule has 8 heteroatoms. The number of nitrogens with two attached hydrogens (primary N) is 1. The highest BCUT2D eigenvalue weighted by Gasteiger charge is 2.22. The lowest BCUT2D eigenvalue weighted by molar-refractivity contribution is -0.119. The van der Waals surface area contributed by atoms with Gasteiger partial charge in [-0.2, -0.15) is 9.78 Å². The van der Waals surface area contributed by atoms with Gasteiger partial charge in [0.05, 0.1) is 23.7 Å². The van der Waals surface area contributed by atoms with Crippen LogP contribution >= 0.6 is 0 Å². The minimum absolute atomic E-state index is 0.177. The summed E-state index contributed by atoms with van der Waals surface area (Å²) in [6.45, 7) is 2.04. The zero-order valence-corrected chi connectivity index (χ0v) is 18.7. The molecule has 0 aliphatic heterocycles. The fourth-order valence-electron chi connectivity index (χ4n) is 4.14. The standard InChI is InChI=1S/C25H28N4O4/c1-2-32-22-14-17(12-13-21(22)33-16-23(26)30)15-27-29-24(18-8-4-3-5-9-18)28-20-11-7-6-10-19(20)25(29)31/h6-7,10-15,18H,2-5,8-9,16H2,1H3,(H2,26,30). The van der Waals surface area contributed by atoms with Crippen LogP contribution in [0.3, 0.4) is 0 Å². The third-order valence-corrected chi connectivity index (χ3v) is 5.71. The molecule has 1 aromatic heterocycles. The van der Waals surface area contributed by atoms with E-state index in [4.69, 9.17) is 20.2 Å². The number of amides is 1. The van der Waals surface area contributed by atoms with Gasteiger partial charge in [0.25, 0.3) is 11.5 Å². The van der Waals surface area contributed by atoms with E-state index in [0.717, 1.165) is 31.2 Å². The Kier molecular flexibility index (Phi) is 7.02. The number of carbonyl (C=O) groups excluding carboxylic acids is 1. The first-order valence-electron chi connectivity index (χ1n) is 11.3. The van der Waals surface area contributed by atoms with Gasteiger partial charge in [0.1, 0.15) is 5.82 Å². The molecule has 0 spiro atoms. The minimum atomic E-state index is -0.568. The van der Waals surface area contributed by atoms with Crippen molar-refractivity contribution in [2.45, 2.75) is 44.9 Å². The molecule has 1 aliphatic rings. The van der Waals surface area contributed by atoms with Crippen molar-refractivity contribution in [2.24, 2.45) is 10.8 Å². The van der Waals surface area contributed by atoms with Crippen LogP contribution < -0.4 is 20.8 Å². The molecular formula is C25H28N4O4. The number of carbonyl (C=O) groups is 1. The van der Waals surface area contributed by atoms with E-state index in [9.17, 15) is 9.59 Å². The zero-order valence-electron chi connectivity index (χ0n) is 18.7. The second-order valence-corrected chi connectivity index (χ2v) is 8.08. The molecule has 33 heavy (non-hydrogen) atoms. The molecule has 1 fully saturated rings. The predicted molar refractivity (Wildman–Crippen MR) is 127 cm³/mol. The first-order chi connectivity index (χ1) is 16.1. The quantitative estimate of drug-likeness (QED) is 0.530. The number of para-hydroxylation sites is 1. The van der Waals surface area contributed by atoms with E-state index in [2.05, 4.69) is 5.10 Å². The molecule has 3 aromatic rings. The van der Waals surface area contributed by atoms with Crippen molar-refractivity contribution >= 4 is 23.0 Å². The monoisotopic (exact) mass is 448 g/mol. The molecule has 0 atom stereocenters. The van der Waals surface area contributed by atoms with E-state index < -0.39 is 5.91 Å². The molecule has 0 radical (unpaired) electrons. The van der Waals surface area contributed by atoms with E-state index in [1.165, 1.54) is 11.1 Å². The Morgan fingerprint density at radius 1 is 1.15 bits per heavy atom. The molecule has 8 nitrogen and oxygen atoms in total. The Hall–Kier alpha value is -3.68. The van der Waals surface area contributed by atoms with E-state index in [-0.39, 0.29) is 18.1 Å². The molecule has 2 N–H and O–H groups in total. The second-order valence-electron chi connectivity index (χ2n) is 8.08. The predicted octanol–water partition coefficient (Wildman–Crippen LogP) is 3.59. The van der Waals surface area contributed by atoms with E-state index in [1.54, 1.807) is 30.5 Å². The highest BCUT2D eigenvalue weighted by atomic mass is 16.5. The largest absolute Gasteiger partial charge is 0.490 e. The number of hydrogen-bond acceptors (Lipinski definition) is 6. The van der Waals surface area contributed by atoms with Gasteiger partial charge in [-0.1, -0.05) is 31.4 Å². The lowest BCUT2D eigenvalue weighted by Crippen LogP contribution is -2.25. The minimum Gasteiger partial charge on any atom is -0.490 e. The maximum atomic E-state index is 13.3. The summed E-state index contributed by atoms with van der Waals surface area (Å²) in [4.78, 5) is 29.2. The van der Waals surface area contributed by atoms with Crippen LogP contribution in [0.15, 0.2) is 52.4 Å². The number of hydrogen-bond donors (Lipinski definition) is 1. The average Bonchev–Trinajstić information content (AvgIpc) is 2.83. The van der Waals surface area contributed by atoms with Gasteiger partial charge < -0.3 is 15.2 Å². The van der Waals surface area contributed by atoms with Crippen molar-refractivity contribution in [3.63, 3.8) is 0 Å². The molecule has 1 heterocycles. The van der Waals surface area contributed by atoms with Crippen LogP contribution in [0, 0.1) is 0 Å². The summed E-state index contributed by atoms with van der Waals surface area (Å²) in [6.07, 6.45) is 7.08. The van der Waals surface area contributed by atoms with Crippen molar-refractivity contribution in [1.82, 2.24) is 9.66 Å². The van der Waals surface area contributed by atoms with E-state index >= 15 is 0 Å². The molecule has 172 valence electrons. The summed E-state index contributed by atoms with van der Waals surface area (Å²) in [5.41, 5.74) is 6.41. The van der Waals surface area contributed by atoms with E-state index in [0.29, 0.717) is 34.8 Å². The fraction of sp³-hybridized carbons (Fsp3) is 0.360. The number of ether oxygens (including phenoxy) is 2. The third kappa shape index (κ3) is 5.22. The van der Waals surface area contributed by atoms with Crippen LogP contribution in [0.2, 0.25) is 0 Å². The SMILES string of the molecule is CCOc1cc(C=Nn2c(C3CCCCC3)nc3ccccc3c2=O)ccc1OCC(N)=O. The molecule has 0 unspecified atom stereocenters. The number of primary amides is 1. The molecular weight excluding hydrogens is 420 g/mol. The van der Waals surface area contributed by atoms with Gasteiger partial charge in [-0.25, -0.2) is 4.98 Å². The smallest absolute Gasteiger partial charge is 0.282 e. The number of aromatic nitrogens is 2. The van der Waals surface area contributed by atoms with Crippen LogP contribution in [0.25, 0.3) is 10.9 Å². The Morgan fingerprint density at radius 3 is 2.70 bits per heavy atom. The number of rotatable bonds is 8. The summed E-state index contributed by atoms with van der Waals surface area (Å²) in [7, 11) is 0. The Morgan fingerprint density at radius 2 is 1.94 bits per heavy atom. The van der Waals surface area contributed by atoms with Gasteiger partial charge in [0.2, 0.25) is 0 Å². The van der Waals surface area contributed by atoms with Crippen molar-refractivity contribution in [1.29, 1.82) is 0 Å². The van der Waals surface area contributed by atoms with Gasteiger partial charge in [0, 0.05) is 5.92 Å². The molecule has 1 saturated carbocycles. The molecule has 0 saturated heterocycles. The summed E-state index contributed by atoms with van der Waals surface area (Å²) in [5.74, 6) is 1.23. The molecule has 4 rings (SSSR count).